The summed E-state index contributed by atoms with van der Waals surface area (Å²) in [6.07, 6.45) is 3.37. The van der Waals surface area contributed by atoms with E-state index in [1.54, 1.807) is 0 Å². The summed E-state index contributed by atoms with van der Waals surface area (Å²) in [5.41, 5.74) is 4.78. The summed E-state index contributed by atoms with van der Waals surface area (Å²) in [5.74, 6) is 0.904. The van der Waals surface area contributed by atoms with Crippen LogP contribution in [0.15, 0.2) is 84.9 Å². The lowest BCUT2D eigenvalue weighted by Gasteiger charge is -2.13. The van der Waals surface area contributed by atoms with Crippen molar-refractivity contribution in [3.8, 4) is 5.75 Å². The Morgan fingerprint density at radius 2 is 1.46 bits per heavy atom. The van der Waals surface area contributed by atoms with E-state index in [0.717, 1.165) is 18.7 Å². The molecule has 0 radical (unpaired) electrons. The van der Waals surface area contributed by atoms with Crippen LogP contribution in [0.1, 0.15) is 37.0 Å². The van der Waals surface area contributed by atoms with Crippen molar-refractivity contribution >= 4 is 11.6 Å². The maximum absolute atomic E-state index is 5.88. The number of ether oxygens (including phenoxy) is 1. The van der Waals surface area contributed by atoms with Crippen LogP contribution in [0.4, 0.5) is 0 Å². The van der Waals surface area contributed by atoms with E-state index in [2.05, 4.69) is 98.0 Å². The van der Waals surface area contributed by atoms with Crippen molar-refractivity contribution in [2.75, 3.05) is 13.2 Å². The average Bonchev–Trinajstić information content (AvgIpc) is 2.77. The maximum atomic E-state index is 5.88. The minimum absolute atomic E-state index is 0.530. The summed E-state index contributed by atoms with van der Waals surface area (Å²) in [5, 5.41) is 3.45. The molecule has 0 amide bonds. The zero-order valence-corrected chi connectivity index (χ0v) is 16.8. The van der Waals surface area contributed by atoms with E-state index in [0.29, 0.717) is 12.6 Å². The van der Waals surface area contributed by atoms with Crippen LogP contribution in [0.2, 0.25) is 0 Å². The Labute approximate surface area is 168 Å². The van der Waals surface area contributed by atoms with Gasteiger partial charge in [0, 0.05) is 12.6 Å². The fourth-order valence-electron chi connectivity index (χ4n) is 3.02. The zero-order valence-electron chi connectivity index (χ0n) is 16.8. The van der Waals surface area contributed by atoms with Crippen LogP contribution >= 0.6 is 0 Å². The predicted molar refractivity (Wildman–Crippen MR) is 120 cm³/mol. The van der Waals surface area contributed by atoms with Gasteiger partial charge in [-0.15, -0.1) is 0 Å². The Morgan fingerprint density at radius 1 is 0.857 bits per heavy atom. The molecular weight excluding hydrogens is 342 g/mol. The molecule has 1 unspecified atom stereocenters. The summed E-state index contributed by atoms with van der Waals surface area (Å²) in [6, 6.07) is 29.9. The Morgan fingerprint density at radius 3 is 2.11 bits per heavy atom. The van der Waals surface area contributed by atoms with Crippen molar-refractivity contribution in [3.05, 3.63) is 102 Å². The van der Waals surface area contributed by atoms with Crippen LogP contribution in [0.25, 0.3) is 11.6 Å². The van der Waals surface area contributed by atoms with Crippen molar-refractivity contribution in [3.63, 3.8) is 0 Å². The molecule has 28 heavy (non-hydrogen) atoms. The van der Waals surface area contributed by atoms with Gasteiger partial charge in [0.05, 0.1) is 0 Å². The molecule has 0 saturated heterocycles. The second-order valence-electron chi connectivity index (χ2n) is 6.97. The minimum atomic E-state index is 0.530. The lowest BCUT2D eigenvalue weighted by Crippen LogP contribution is -2.29. The number of rotatable bonds is 9. The number of nitrogens with one attached hydrogen (secondary N) is 1. The largest absolute Gasteiger partial charge is 0.492 e. The van der Waals surface area contributed by atoms with Crippen LogP contribution in [0, 0.1) is 0 Å². The molecule has 0 aliphatic heterocycles. The molecule has 1 N–H and O–H groups in total. The molecule has 0 saturated carbocycles. The molecule has 2 heteroatoms. The SMILES string of the molecule is CCC(C)NCCOc1ccc(/C(=C\c2ccccc2)c2ccccc2)cc1. The van der Waals surface area contributed by atoms with E-state index in [-0.39, 0.29) is 0 Å². The van der Waals surface area contributed by atoms with Gasteiger partial charge in [-0.2, -0.15) is 0 Å². The highest BCUT2D eigenvalue weighted by molar-refractivity contribution is 5.91. The first kappa shape index (κ1) is 19.9. The second kappa shape index (κ2) is 10.5. The molecule has 0 bridgehead atoms. The molecule has 0 spiro atoms. The highest BCUT2D eigenvalue weighted by atomic mass is 16.5. The van der Waals surface area contributed by atoms with Gasteiger partial charge in [0.15, 0.2) is 0 Å². The van der Waals surface area contributed by atoms with Gasteiger partial charge in [-0.05, 0) is 53.8 Å². The van der Waals surface area contributed by atoms with Crippen molar-refractivity contribution in [1.82, 2.24) is 5.32 Å². The third kappa shape index (κ3) is 5.83. The molecule has 0 aliphatic rings. The molecule has 3 rings (SSSR count). The summed E-state index contributed by atoms with van der Waals surface area (Å²) in [7, 11) is 0. The normalized spacial score (nSPS) is 12.6. The molecule has 0 heterocycles. The highest BCUT2D eigenvalue weighted by Crippen LogP contribution is 2.27. The van der Waals surface area contributed by atoms with Crippen molar-refractivity contribution in [1.29, 1.82) is 0 Å². The van der Waals surface area contributed by atoms with Gasteiger partial charge >= 0.3 is 0 Å². The third-order valence-corrected chi connectivity index (χ3v) is 4.84. The van der Waals surface area contributed by atoms with Crippen molar-refractivity contribution in [2.24, 2.45) is 0 Å². The molecule has 3 aromatic carbocycles. The van der Waals surface area contributed by atoms with Gasteiger partial charge in [0.25, 0.3) is 0 Å². The molecule has 1 atom stereocenters. The quantitative estimate of drug-likeness (QED) is 0.365. The van der Waals surface area contributed by atoms with Crippen LogP contribution in [-0.4, -0.2) is 19.2 Å². The first-order valence-corrected chi connectivity index (χ1v) is 10.0. The second-order valence-corrected chi connectivity index (χ2v) is 6.97. The summed E-state index contributed by atoms with van der Waals surface area (Å²) >= 11 is 0. The highest BCUT2D eigenvalue weighted by Gasteiger charge is 2.06. The Kier molecular flexibility index (Phi) is 7.45. The van der Waals surface area contributed by atoms with E-state index in [1.165, 1.54) is 22.3 Å². The van der Waals surface area contributed by atoms with Gasteiger partial charge in [0.2, 0.25) is 0 Å². The lowest BCUT2D eigenvalue weighted by molar-refractivity contribution is 0.306. The van der Waals surface area contributed by atoms with Gasteiger partial charge in [-0.3, -0.25) is 0 Å². The Balaban J connectivity index is 1.75. The maximum Gasteiger partial charge on any atom is 0.119 e. The molecule has 3 aromatic rings. The first-order valence-electron chi connectivity index (χ1n) is 10.0. The fraction of sp³-hybridized carbons (Fsp3) is 0.231. The van der Waals surface area contributed by atoms with Crippen molar-refractivity contribution in [2.45, 2.75) is 26.3 Å². The van der Waals surface area contributed by atoms with Crippen LogP contribution < -0.4 is 10.1 Å². The standard InChI is InChI=1S/C26H29NO/c1-3-21(2)27-18-19-28-25-16-14-24(15-17-25)26(23-12-8-5-9-13-23)20-22-10-6-4-7-11-22/h4-17,20-21,27H,3,18-19H2,1-2H3/b26-20-. The first-order chi connectivity index (χ1) is 13.8. The average molecular weight is 372 g/mol. The fourth-order valence-corrected chi connectivity index (χ4v) is 3.02. The summed E-state index contributed by atoms with van der Waals surface area (Å²) in [4.78, 5) is 0. The molecule has 0 aliphatic carbocycles. The monoisotopic (exact) mass is 371 g/mol. The molecule has 144 valence electrons. The summed E-state index contributed by atoms with van der Waals surface area (Å²) < 4.78 is 5.88. The van der Waals surface area contributed by atoms with Crippen LogP contribution in [-0.2, 0) is 0 Å². The van der Waals surface area contributed by atoms with Crippen molar-refractivity contribution < 1.29 is 4.74 Å². The van der Waals surface area contributed by atoms with E-state index < -0.39 is 0 Å². The molecule has 2 nitrogen and oxygen atoms in total. The van der Waals surface area contributed by atoms with Crippen LogP contribution in [0.5, 0.6) is 5.75 Å². The van der Waals surface area contributed by atoms with Gasteiger partial charge in [-0.1, -0.05) is 79.7 Å². The molecular formula is C26H29NO. The van der Waals surface area contributed by atoms with E-state index in [4.69, 9.17) is 4.74 Å². The number of benzene rings is 3. The smallest absolute Gasteiger partial charge is 0.119 e. The number of hydrogen-bond acceptors (Lipinski definition) is 2. The topological polar surface area (TPSA) is 21.3 Å². The lowest BCUT2D eigenvalue weighted by atomic mass is 9.95. The van der Waals surface area contributed by atoms with Gasteiger partial charge < -0.3 is 10.1 Å². The van der Waals surface area contributed by atoms with E-state index >= 15 is 0 Å². The molecule has 0 fully saturated rings. The van der Waals surface area contributed by atoms with Gasteiger partial charge in [0.1, 0.15) is 12.4 Å². The van der Waals surface area contributed by atoms with Crippen LogP contribution in [0.3, 0.4) is 0 Å². The zero-order chi connectivity index (χ0) is 19.6. The van der Waals surface area contributed by atoms with Gasteiger partial charge in [-0.25, -0.2) is 0 Å². The minimum Gasteiger partial charge on any atom is -0.492 e. The van der Waals surface area contributed by atoms with E-state index in [1.807, 2.05) is 12.1 Å². The predicted octanol–water partition coefficient (Wildman–Crippen LogP) is 6.04. The third-order valence-electron chi connectivity index (χ3n) is 4.84. The van der Waals surface area contributed by atoms with E-state index in [9.17, 15) is 0 Å². The Hall–Kier alpha value is -2.84. The summed E-state index contributed by atoms with van der Waals surface area (Å²) in [6.45, 7) is 5.92. The Bertz CT molecular complexity index is 854. The number of hydrogen-bond donors (Lipinski definition) is 1. The molecule has 0 aromatic heterocycles.